The molecule has 0 bridgehead atoms. The maximum Gasteiger partial charge on any atom is 0.224 e. The number of fused-ring (bicyclic) bond motifs is 1. The normalized spacial score (nSPS) is 20.4. The molecule has 1 saturated carbocycles. The molecule has 0 radical (unpaired) electrons. The van der Waals surface area contributed by atoms with Crippen LogP contribution in [0.4, 0.5) is 10.2 Å². The van der Waals surface area contributed by atoms with Gasteiger partial charge in [0.15, 0.2) is 0 Å². The number of benzene rings is 1. The summed E-state index contributed by atoms with van der Waals surface area (Å²) in [5.74, 6) is 1.37. The second-order valence-electron chi connectivity index (χ2n) is 6.84. The van der Waals surface area contributed by atoms with Crippen LogP contribution in [0.15, 0.2) is 24.3 Å². The molecule has 1 fully saturated rings. The number of nitrogens with one attached hydrogen (secondary N) is 1. The molecule has 1 heterocycles. The summed E-state index contributed by atoms with van der Waals surface area (Å²) in [5.41, 5.74) is 3.13. The Hall–Kier alpha value is -1.72. The molecule has 2 unspecified atom stereocenters. The highest BCUT2D eigenvalue weighted by Gasteiger charge is 2.33. The van der Waals surface area contributed by atoms with Crippen molar-refractivity contribution in [3.8, 4) is 0 Å². The van der Waals surface area contributed by atoms with Crippen LogP contribution in [0.1, 0.15) is 42.0 Å². The van der Waals surface area contributed by atoms with E-state index in [1.54, 1.807) is 7.11 Å². The zero-order chi connectivity index (χ0) is 17.4. The van der Waals surface area contributed by atoms with Crippen molar-refractivity contribution < 1.29 is 9.13 Å². The van der Waals surface area contributed by atoms with Crippen molar-refractivity contribution in [2.45, 2.75) is 37.7 Å². The highest BCUT2D eigenvalue weighted by Crippen LogP contribution is 2.40. The minimum atomic E-state index is -0.226. The van der Waals surface area contributed by atoms with Crippen LogP contribution in [0.5, 0.6) is 0 Å². The SMILES string of the molecule is COC(CNc1nc(Cl)nc2c1CCC2c1ccc(F)cc1)C1CC1. The van der Waals surface area contributed by atoms with Gasteiger partial charge in [-0.05, 0) is 60.9 Å². The van der Waals surface area contributed by atoms with Crippen LogP contribution < -0.4 is 5.32 Å². The summed E-state index contributed by atoms with van der Waals surface area (Å²) in [5, 5.41) is 3.66. The Morgan fingerprint density at radius 2 is 2.00 bits per heavy atom. The Morgan fingerprint density at radius 3 is 2.68 bits per heavy atom. The molecule has 1 aromatic heterocycles. The Bertz CT molecular complexity index is 764. The second-order valence-corrected chi connectivity index (χ2v) is 7.18. The van der Waals surface area contributed by atoms with Gasteiger partial charge in [0.05, 0.1) is 11.8 Å². The number of halogens is 2. The van der Waals surface area contributed by atoms with E-state index in [2.05, 4.69) is 15.3 Å². The molecular formula is C19H21ClFN3O. The van der Waals surface area contributed by atoms with E-state index in [1.807, 2.05) is 12.1 Å². The number of rotatable bonds is 6. The van der Waals surface area contributed by atoms with Crippen molar-refractivity contribution in [2.24, 2.45) is 5.92 Å². The van der Waals surface area contributed by atoms with Crippen molar-refractivity contribution >= 4 is 17.4 Å². The van der Waals surface area contributed by atoms with Crippen LogP contribution in [0.25, 0.3) is 0 Å². The lowest BCUT2D eigenvalue weighted by molar-refractivity contribution is 0.0949. The predicted molar refractivity (Wildman–Crippen MR) is 95.6 cm³/mol. The van der Waals surface area contributed by atoms with Crippen LogP contribution in [0.2, 0.25) is 5.28 Å². The Morgan fingerprint density at radius 1 is 1.24 bits per heavy atom. The summed E-state index contributed by atoms with van der Waals surface area (Å²) in [6.45, 7) is 0.724. The van der Waals surface area contributed by atoms with Gasteiger partial charge in [0.1, 0.15) is 11.6 Å². The molecule has 1 N–H and O–H groups in total. The highest BCUT2D eigenvalue weighted by molar-refractivity contribution is 6.28. The molecule has 2 aliphatic carbocycles. The molecule has 0 saturated heterocycles. The fraction of sp³-hybridized carbons (Fsp3) is 0.474. The lowest BCUT2D eigenvalue weighted by Gasteiger charge is -2.18. The summed E-state index contributed by atoms with van der Waals surface area (Å²) in [6, 6.07) is 6.64. The van der Waals surface area contributed by atoms with Crippen LogP contribution in [-0.4, -0.2) is 29.7 Å². The topological polar surface area (TPSA) is 47.0 Å². The van der Waals surface area contributed by atoms with E-state index in [4.69, 9.17) is 16.3 Å². The minimum absolute atomic E-state index is 0.137. The predicted octanol–water partition coefficient (Wildman–Crippen LogP) is 4.18. The number of hydrogen-bond acceptors (Lipinski definition) is 4. The van der Waals surface area contributed by atoms with Gasteiger partial charge < -0.3 is 10.1 Å². The first kappa shape index (κ1) is 16.7. The lowest BCUT2D eigenvalue weighted by Crippen LogP contribution is -2.25. The van der Waals surface area contributed by atoms with Gasteiger partial charge in [-0.15, -0.1) is 0 Å². The average Bonchev–Trinajstić information content (AvgIpc) is 3.36. The fourth-order valence-corrected chi connectivity index (χ4v) is 3.88. The van der Waals surface area contributed by atoms with Crippen molar-refractivity contribution in [3.63, 3.8) is 0 Å². The van der Waals surface area contributed by atoms with E-state index in [0.29, 0.717) is 5.92 Å². The van der Waals surface area contributed by atoms with E-state index < -0.39 is 0 Å². The van der Waals surface area contributed by atoms with Crippen LogP contribution in [-0.2, 0) is 11.2 Å². The van der Waals surface area contributed by atoms with Gasteiger partial charge in [0, 0.05) is 25.1 Å². The van der Waals surface area contributed by atoms with Crippen molar-refractivity contribution in [1.29, 1.82) is 0 Å². The van der Waals surface area contributed by atoms with E-state index in [9.17, 15) is 4.39 Å². The average molecular weight is 362 g/mol. The largest absolute Gasteiger partial charge is 0.379 e. The van der Waals surface area contributed by atoms with E-state index in [0.717, 1.165) is 42.0 Å². The molecule has 1 aromatic carbocycles. The first-order chi connectivity index (χ1) is 12.2. The number of anilines is 1. The monoisotopic (exact) mass is 361 g/mol. The third kappa shape index (κ3) is 3.48. The summed E-state index contributed by atoms with van der Waals surface area (Å²) in [7, 11) is 1.76. The smallest absolute Gasteiger partial charge is 0.224 e. The van der Waals surface area contributed by atoms with Crippen LogP contribution in [0.3, 0.4) is 0 Å². The number of methoxy groups -OCH3 is 1. The maximum atomic E-state index is 13.2. The van der Waals surface area contributed by atoms with Gasteiger partial charge in [0.25, 0.3) is 0 Å². The third-order valence-electron chi connectivity index (χ3n) is 5.22. The molecule has 25 heavy (non-hydrogen) atoms. The van der Waals surface area contributed by atoms with Gasteiger partial charge in [-0.2, -0.15) is 0 Å². The van der Waals surface area contributed by atoms with E-state index >= 15 is 0 Å². The van der Waals surface area contributed by atoms with Crippen LogP contribution in [0, 0.1) is 11.7 Å². The number of nitrogens with zero attached hydrogens (tertiary/aromatic N) is 2. The number of hydrogen-bond donors (Lipinski definition) is 1. The molecule has 0 aliphatic heterocycles. The molecule has 132 valence electrons. The van der Waals surface area contributed by atoms with E-state index in [-0.39, 0.29) is 23.1 Å². The number of ether oxygens (including phenoxy) is 1. The molecule has 2 atom stereocenters. The van der Waals surface area contributed by atoms with Crippen molar-refractivity contribution in [2.75, 3.05) is 19.0 Å². The molecule has 2 aliphatic rings. The molecule has 2 aromatic rings. The molecular weight excluding hydrogens is 341 g/mol. The summed E-state index contributed by atoms with van der Waals surface area (Å²) < 4.78 is 18.8. The zero-order valence-corrected chi connectivity index (χ0v) is 14.9. The van der Waals surface area contributed by atoms with Gasteiger partial charge in [-0.1, -0.05) is 12.1 Å². The molecule has 4 nitrogen and oxygen atoms in total. The molecule has 6 heteroatoms. The van der Waals surface area contributed by atoms with Crippen molar-refractivity contribution in [3.05, 3.63) is 52.2 Å². The standard InChI is InChI=1S/C19H21ClFN3O/c1-25-16(12-2-3-12)10-22-18-15-9-8-14(17(15)23-19(20)24-18)11-4-6-13(21)7-5-11/h4-7,12,14,16H,2-3,8-10H2,1H3,(H,22,23,24). The summed E-state index contributed by atoms with van der Waals surface area (Å²) >= 11 is 6.18. The first-order valence-corrected chi connectivity index (χ1v) is 9.12. The highest BCUT2D eigenvalue weighted by atomic mass is 35.5. The van der Waals surface area contributed by atoms with E-state index in [1.165, 1.54) is 25.0 Å². The molecule has 0 amide bonds. The first-order valence-electron chi connectivity index (χ1n) is 8.74. The second kappa shape index (κ2) is 6.89. The quantitative estimate of drug-likeness (QED) is 0.784. The Labute approximate surface area is 151 Å². The van der Waals surface area contributed by atoms with Gasteiger partial charge >= 0.3 is 0 Å². The zero-order valence-electron chi connectivity index (χ0n) is 14.1. The van der Waals surface area contributed by atoms with Gasteiger partial charge in [-0.3, -0.25) is 0 Å². The maximum absolute atomic E-state index is 13.2. The minimum Gasteiger partial charge on any atom is -0.379 e. The van der Waals surface area contributed by atoms with Crippen LogP contribution >= 0.6 is 11.6 Å². The lowest BCUT2D eigenvalue weighted by atomic mass is 9.97. The summed E-state index contributed by atoms with van der Waals surface area (Å²) in [6.07, 6.45) is 4.49. The summed E-state index contributed by atoms with van der Waals surface area (Å²) in [4.78, 5) is 8.88. The fourth-order valence-electron chi connectivity index (χ4n) is 3.71. The van der Waals surface area contributed by atoms with Gasteiger partial charge in [0.2, 0.25) is 5.28 Å². The third-order valence-corrected chi connectivity index (χ3v) is 5.39. The van der Waals surface area contributed by atoms with Crippen molar-refractivity contribution in [1.82, 2.24) is 9.97 Å². The molecule has 4 rings (SSSR count). The Kier molecular flexibility index (Phi) is 4.61. The van der Waals surface area contributed by atoms with Gasteiger partial charge in [-0.25, -0.2) is 14.4 Å². The Balaban J connectivity index is 1.58. The molecule has 0 spiro atoms. The number of aromatic nitrogens is 2.